The molecular weight excluding hydrogens is 488 g/mol. The Balaban J connectivity index is 1.83. The van der Waals surface area contributed by atoms with Crippen molar-refractivity contribution in [2.45, 2.75) is 12.7 Å². The Morgan fingerprint density at radius 2 is 1.76 bits per heavy atom. The Morgan fingerprint density at radius 1 is 0.973 bits per heavy atom. The maximum atomic E-state index is 12.7. The number of hydrogen-bond acceptors (Lipinski definition) is 7. The van der Waals surface area contributed by atoms with Gasteiger partial charge < -0.3 is 16.4 Å². The number of aromatic nitrogens is 2. The van der Waals surface area contributed by atoms with Crippen molar-refractivity contribution in [1.29, 1.82) is 0 Å². The van der Waals surface area contributed by atoms with Crippen molar-refractivity contribution in [2.75, 3.05) is 5.73 Å². The van der Waals surface area contributed by atoms with E-state index in [4.69, 9.17) is 11.5 Å². The van der Waals surface area contributed by atoms with Gasteiger partial charge in [-0.05, 0) is 41.0 Å². The van der Waals surface area contributed by atoms with Gasteiger partial charge in [0.25, 0.3) is 0 Å². The number of urea groups is 1. The third-order valence-electron chi connectivity index (χ3n) is 6.13. The first-order valence-corrected chi connectivity index (χ1v) is 12.6. The number of primary amides is 1. The molecule has 0 saturated heterocycles. The van der Waals surface area contributed by atoms with Gasteiger partial charge in [0.2, 0.25) is 10.9 Å². The molecule has 0 aliphatic carbocycles. The van der Waals surface area contributed by atoms with Crippen LogP contribution in [0.15, 0.2) is 91.4 Å². The van der Waals surface area contributed by atoms with Gasteiger partial charge in [-0.1, -0.05) is 54.6 Å². The highest BCUT2D eigenvalue weighted by molar-refractivity contribution is 7.70. The van der Waals surface area contributed by atoms with Gasteiger partial charge in [-0.2, -0.15) is 4.31 Å². The molecule has 0 radical (unpaired) electrons. The number of amides is 2. The number of hydrogen-bond donors (Lipinski definition) is 3. The van der Waals surface area contributed by atoms with Crippen LogP contribution in [0.4, 0.5) is 10.5 Å². The molecule has 3 heterocycles. The molecule has 5 rings (SSSR count). The van der Waals surface area contributed by atoms with Crippen LogP contribution >= 0.6 is 0 Å². The van der Waals surface area contributed by atoms with Crippen LogP contribution in [0.2, 0.25) is 0 Å². The normalized spacial score (nSPS) is 14.7. The quantitative estimate of drug-likeness (QED) is 0.336. The number of carbonyl (C=O) groups excluding carboxylic acids is 1. The van der Waals surface area contributed by atoms with Crippen LogP contribution in [0.3, 0.4) is 0 Å². The van der Waals surface area contributed by atoms with E-state index in [1.165, 1.54) is 6.20 Å². The lowest BCUT2D eigenvalue weighted by Crippen LogP contribution is -2.46. The summed E-state index contributed by atoms with van der Waals surface area (Å²) in [6.45, 7) is 0.182. The number of pyridine rings is 2. The van der Waals surface area contributed by atoms with Gasteiger partial charge in [-0.3, -0.25) is 9.97 Å². The highest BCUT2D eigenvalue weighted by atomic mass is 32.2. The largest absolute Gasteiger partial charge is 0.397 e. The fourth-order valence-corrected chi connectivity index (χ4v) is 5.19. The van der Waals surface area contributed by atoms with Gasteiger partial charge in [0.15, 0.2) is 0 Å². The van der Waals surface area contributed by atoms with E-state index in [1.54, 1.807) is 29.4 Å². The summed E-state index contributed by atoms with van der Waals surface area (Å²) in [6, 6.07) is 21.4. The van der Waals surface area contributed by atoms with E-state index >= 15 is 0 Å². The minimum atomic E-state index is -3.40. The SMILES string of the molecule is NC(=O)N(C1c2c(cccc2-c2ccccc2)C=C(c2cncc(N)c2)N1Cc1ccccn1)[SH](=O)=O. The standard InChI is InChI=1S/C27H24N6O3S/c28-21-13-20(15-30-16-21)24-14-19-9-6-11-23(18-7-2-1-3-8-18)25(19)26(33(27(29)34)37(35)36)32(24)17-22-10-4-5-12-31-22/h1-16,26,37H,17,28H2,(H2,29,34). The summed E-state index contributed by atoms with van der Waals surface area (Å²) in [6.07, 6.45) is 5.67. The van der Waals surface area contributed by atoms with Crippen molar-refractivity contribution >= 4 is 34.4 Å². The molecule has 4 N–H and O–H groups in total. The van der Waals surface area contributed by atoms with E-state index < -0.39 is 23.1 Å². The highest BCUT2D eigenvalue weighted by Gasteiger charge is 2.39. The molecule has 10 heteroatoms. The molecule has 186 valence electrons. The highest BCUT2D eigenvalue weighted by Crippen LogP contribution is 2.45. The van der Waals surface area contributed by atoms with Crippen LogP contribution < -0.4 is 11.5 Å². The molecule has 1 aliphatic heterocycles. The van der Waals surface area contributed by atoms with Crippen molar-refractivity contribution in [3.8, 4) is 11.1 Å². The van der Waals surface area contributed by atoms with Crippen molar-refractivity contribution < 1.29 is 13.2 Å². The lowest BCUT2D eigenvalue weighted by Gasteiger charge is -2.43. The molecule has 9 nitrogen and oxygen atoms in total. The molecular formula is C27H24N6O3S. The molecule has 1 unspecified atom stereocenters. The molecule has 2 aromatic carbocycles. The maximum Gasteiger partial charge on any atom is 0.330 e. The predicted octanol–water partition coefficient (Wildman–Crippen LogP) is 3.65. The second-order valence-corrected chi connectivity index (χ2v) is 9.36. The summed E-state index contributed by atoms with van der Waals surface area (Å²) in [5, 5.41) is 0. The van der Waals surface area contributed by atoms with Crippen LogP contribution in [0.5, 0.6) is 0 Å². The first-order chi connectivity index (χ1) is 17.9. The number of fused-ring (bicyclic) bond motifs is 1. The van der Waals surface area contributed by atoms with Crippen LogP contribution in [0.1, 0.15) is 28.6 Å². The number of nitrogens with two attached hydrogens (primary N) is 2. The van der Waals surface area contributed by atoms with E-state index in [1.807, 2.05) is 66.7 Å². The zero-order chi connectivity index (χ0) is 25.9. The summed E-state index contributed by atoms with van der Waals surface area (Å²) in [5.74, 6) is 0. The number of anilines is 1. The van der Waals surface area contributed by atoms with Gasteiger partial charge in [-0.25, -0.2) is 13.2 Å². The first-order valence-electron chi connectivity index (χ1n) is 11.4. The van der Waals surface area contributed by atoms with Crippen LogP contribution in [-0.4, -0.2) is 33.6 Å². The third kappa shape index (κ3) is 4.74. The second kappa shape index (κ2) is 10.1. The third-order valence-corrected chi connectivity index (χ3v) is 6.89. The Bertz CT molecular complexity index is 1550. The predicted molar refractivity (Wildman–Crippen MR) is 143 cm³/mol. The molecule has 0 saturated carbocycles. The summed E-state index contributed by atoms with van der Waals surface area (Å²) >= 11 is 0. The zero-order valence-electron chi connectivity index (χ0n) is 19.6. The molecule has 4 aromatic rings. The fourth-order valence-electron chi connectivity index (χ4n) is 4.61. The van der Waals surface area contributed by atoms with E-state index in [-0.39, 0.29) is 6.54 Å². The summed E-state index contributed by atoms with van der Waals surface area (Å²) in [5.41, 5.74) is 17.1. The number of rotatable bonds is 6. The minimum Gasteiger partial charge on any atom is -0.397 e. The van der Waals surface area contributed by atoms with Crippen molar-refractivity contribution in [3.63, 3.8) is 0 Å². The molecule has 37 heavy (non-hydrogen) atoms. The van der Waals surface area contributed by atoms with Gasteiger partial charge in [0.1, 0.15) is 6.17 Å². The second-order valence-electron chi connectivity index (χ2n) is 8.45. The molecule has 0 spiro atoms. The van der Waals surface area contributed by atoms with E-state index in [0.717, 1.165) is 16.7 Å². The van der Waals surface area contributed by atoms with Gasteiger partial charge >= 0.3 is 6.03 Å². The minimum absolute atomic E-state index is 0.182. The van der Waals surface area contributed by atoms with Gasteiger partial charge in [0, 0.05) is 35.4 Å². The van der Waals surface area contributed by atoms with E-state index in [0.29, 0.717) is 32.5 Å². The number of carbonyl (C=O) groups is 1. The smallest absolute Gasteiger partial charge is 0.330 e. The topological polar surface area (TPSA) is 136 Å². The monoisotopic (exact) mass is 512 g/mol. The van der Waals surface area contributed by atoms with Crippen LogP contribution in [0.25, 0.3) is 22.9 Å². The van der Waals surface area contributed by atoms with E-state index in [2.05, 4.69) is 9.97 Å². The zero-order valence-corrected chi connectivity index (χ0v) is 20.5. The Morgan fingerprint density at radius 3 is 2.43 bits per heavy atom. The van der Waals surface area contributed by atoms with Crippen molar-refractivity contribution in [1.82, 2.24) is 19.2 Å². The number of benzene rings is 2. The molecule has 2 aromatic heterocycles. The molecule has 1 atom stereocenters. The molecule has 0 bridgehead atoms. The maximum absolute atomic E-state index is 12.7. The van der Waals surface area contributed by atoms with Gasteiger partial charge in [0.05, 0.1) is 17.9 Å². The van der Waals surface area contributed by atoms with Crippen LogP contribution in [-0.2, 0) is 17.4 Å². The van der Waals surface area contributed by atoms with Gasteiger partial charge in [-0.15, -0.1) is 0 Å². The molecule has 2 amide bonds. The first kappa shape index (κ1) is 24.0. The lowest BCUT2D eigenvalue weighted by molar-refractivity contribution is 0.160. The summed E-state index contributed by atoms with van der Waals surface area (Å²) in [7, 11) is -3.40. The Hall–Kier alpha value is -4.70. The molecule has 0 fully saturated rings. The van der Waals surface area contributed by atoms with Crippen molar-refractivity contribution in [2.24, 2.45) is 5.73 Å². The average molecular weight is 513 g/mol. The van der Waals surface area contributed by atoms with Crippen molar-refractivity contribution in [3.05, 3.63) is 114 Å². The van der Waals surface area contributed by atoms with E-state index in [9.17, 15) is 13.2 Å². The lowest BCUT2D eigenvalue weighted by atomic mass is 9.88. The number of thiol groups is 1. The average Bonchev–Trinajstić information content (AvgIpc) is 2.90. The Labute approximate surface area is 215 Å². The molecule has 1 aliphatic rings. The number of nitrogens with zero attached hydrogens (tertiary/aromatic N) is 4. The Kier molecular flexibility index (Phi) is 6.57. The fraction of sp³-hybridized carbons (Fsp3) is 0.0741. The number of nitrogen functional groups attached to an aromatic ring is 1. The summed E-state index contributed by atoms with van der Waals surface area (Å²) < 4.78 is 25.8. The summed E-state index contributed by atoms with van der Waals surface area (Å²) in [4.78, 5) is 23.1. The van der Waals surface area contributed by atoms with Crippen LogP contribution in [0, 0.1) is 0 Å².